The summed E-state index contributed by atoms with van der Waals surface area (Å²) in [6.45, 7) is 0.206. The smallest absolute Gasteiger partial charge is 0.0471 e. The van der Waals surface area contributed by atoms with E-state index in [1.807, 2.05) is 0 Å². The van der Waals surface area contributed by atoms with Gasteiger partial charge in [0.1, 0.15) is 0 Å². The minimum atomic E-state index is 0.206. The van der Waals surface area contributed by atoms with Crippen molar-refractivity contribution in [2.24, 2.45) is 0 Å². The number of rotatable bonds is 3. The Morgan fingerprint density at radius 3 is 2.73 bits per heavy atom. The lowest BCUT2D eigenvalue weighted by molar-refractivity contribution is 0.299. The first kappa shape index (κ1) is 10.5. The lowest BCUT2D eigenvalue weighted by Crippen LogP contribution is -1.91. The summed E-state index contributed by atoms with van der Waals surface area (Å²) < 4.78 is 0. The van der Waals surface area contributed by atoms with E-state index in [9.17, 15) is 0 Å². The average molecular weight is 218 g/mol. The zero-order valence-electron chi connectivity index (χ0n) is 8.48. The Balaban J connectivity index is 2.53. The SMILES string of the molecule is OCCc1ccc2c(CS)cccc2c1. The summed E-state index contributed by atoms with van der Waals surface area (Å²) in [6, 6.07) is 12.6. The molecule has 0 bridgehead atoms. The van der Waals surface area contributed by atoms with Crippen molar-refractivity contribution in [1.29, 1.82) is 0 Å². The van der Waals surface area contributed by atoms with Crippen LogP contribution < -0.4 is 0 Å². The number of aliphatic hydroxyl groups excluding tert-OH is 1. The van der Waals surface area contributed by atoms with Crippen molar-refractivity contribution < 1.29 is 5.11 Å². The first-order valence-corrected chi connectivity index (χ1v) is 5.70. The third-order valence-electron chi connectivity index (χ3n) is 2.61. The molecule has 15 heavy (non-hydrogen) atoms. The van der Waals surface area contributed by atoms with Gasteiger partial charge in [-0.1, -0.05) is 36.4 Å². The van der Waals surface area contributed by atoms with E-state index in [-0.39, 0.29) is 6.61 Å². The molecule has 2 rings (SSSR count). The van der Waals surface area contributed by atoms with Crippen molar-refractivity contribution in [2.75, 3.05) is 6.61 Å². The van der Waals surface area contributed by atoms with Crippen molar-refractivity contribution >= 4 is 23.4 Å². The molecule has 0 fully saturated rings. The maximum atomic E-state index is 8.88. The van der Waals surface area contributed by atoms with E-state index in [4.69, 9.17) is 5.11 Å². The average Bonchev–Trinajstić information content (AvgIpc) is 2.28. The highest BCUT2D eigenvalue weighted by Gasteiger charge is 2.00. The van der Waals surface area contributed by atoms with E-state index in [2.05, 4.69) is 49.0 Å². The molecule has 0 atom stereocenters. The van der Waals surface area contributed by atoms with Gasteiger partial charge in [-0.2, -0.15) is 12.6 Å². The van der Waals surface area contributed by atoms with Gasteiger partial charge in [-0.3, -0.25) is 0 Å². The van der Waals surface area contributed by atoms with Gasteiger partial charge in [0.15, 0.2) is 0 Å². The maximum absolute atomic E-state index is 8.88. The van der Waals surface area contributed by atoms with Crippen LogP contribution in [0.2, 0.25) is 0 Å². The van der Waals surface area contributed by atoms with Crippen LogP contribution in [0.1, 0.15) is 11.1 Å². The second-order valence-corrected chi connectivity index (χ2v) is 3.92. The highest BCUT2D eigenvalue weighted by molar-refractivity contribution is 7.79. The lowest BCUT2D eigenvalue weighted by atomic mass is 10.0. The molecule has 0 aliphatic heterocycles. The molecule has 0 spiro atoms. The van der Waals surface area contributed by atoms with Crippen molar-refractivity contribution in [3.8, 4) is 0 Å². The molecule has 0 amide bonds. The Kier molecular flexibility index (Phi) is 3.29. The summed E-state index contributed by atoms with van der Waals surface area (Å²) in [5.74, 6) is 0.761. The molecule has 0 aliphatic rings. The van der Waals surface area contributed by atoms with E-state index in [1.54, 1.807) is 0 Å². The van der Waals surface area contributed by atoms with Gasteiger partial charge in [-0.15, -0.1) is 0 Å². The number of hydrogen-bond acceptors (Lipinski definition) is 2. The largest absolute Gasteiger partial charge is 0.396 e. The number of hydrogen-bond donors (Lipinski definition) is 2. The fourth-order valence-corrected chi connectivity index (χ4v) is 2.10. The summed E-state index contributed by atoms with van der Waals surface area (Å²) in [4.78, 5) is 0. The molecule has 0 radical (unpaired) electrons. The van der Waals surface area contributed by atoms with Crippen molar-refractivity contribution in [3.63, 3.8) is 0 Å². The summed E-state index contributed by atoms with van der Waals surface area (Å²) in [5.41, 5.74) is 2.44. The third-order valence-corrected chi connectivity index (χ3v) is 2.95. The highest BCUT2D eigenvalue weighted by atomic mass is 32.1. The van der Waals surface area contributed by atoms with Gasteiger partial charge in [0.25, 0.3) is 0 Å². The summed E-state index contributed by atoms with van der Waals surface area (Å²) in [6.07, 6.45) is 0.723. The fourth-order valence-electron chi connectivity index (χ4n) is 1.82. The van der Waals surface area contributed by atoms with Crippen molar-refractivity contribution in [3.05, 3.63) is 47.5 Å². The summed E-state index contributed by atoms with van der Waals surface area (Å²) >= 11 is 4.31. The van der Waals surface area contributed by atoms with Crippen LogP contribution in [-0.2, 0) is 12.2 Å². The predicted molar refractivity (Wildman–Crippen MR) is 67.4 cm³/mol. The first-order valence-electron chi connectivity index (χ1n) is 5.07. The Bertz CT molecular complexity index is 465. The van der Waals surface area contributed by atoms with E-state index in [0.717, 1.165) is 12.2 Å². The molecule has 0 heterocycles. The Hall–Kier alpha value is -0.990. The molecule has 0 aromatic heterocycles. The Morgan fingerprint density at radius 1 is 1.13 bits per heavy atom. The van der Waals surface area contributed by atoms with E-state index >= 15 is 0 Å². The molecule has 2 aromatic rings. The third kappa shape index (κ3) is 2.16. The highest BCUT2D eigenvalue weighted by Crippen LogP contribution is 2.21. The second-order valence-electron chi connectivity index (χ2n) is 3.60. The van der Waals surface area contributed by atoms with Gasteiger partial charge in [-0.25, -0.2) is 0 Å². The molecule has 1 nitrogen and oxygen atoms in total. The molecule has 0 unspecified atom stereocenters. The predicted octanol–water partition coefficient (Wildman–Crippen LogP) is 2.80. The first-order chi connectivity index (χ1) is 7.35. The van der Waals surface area contributed by atoms with Gasteiger partial charge in [-0.05, 0) is 28.3 Å². The summed E-state index contributed by atoms with van der Waals surface area (Å²) in [7, 11) is 0. The van der Waals surface area contributed by atoms with Crippen LogP contribution in [0.25, 0.3) is 10.8 Å². The molecule has 0 aliphatic carbocycles. The molecule has 0 saturated carbocycles. The Labute approximate surface area is 95.2 Å². The zero-order chi connectivity index (χ0) is 10.7. The number of aliphatic hydroxyl groups is 1. The van der Waals surface area contributed by atoms with E-state index in [1.165, 1.54) is 21.9 Å². The second kappa shape index (κ2) is 4.69. The van der Waals surface area contributed by atoms with Crippen LogP contribution in [-0.4, -0.2) is 11.7 Å². The minimum absolute atomic E-state index is 0.206. The van der Waals surface area contributed by atoms with Gasteiger partial charge < -0.3 is 5.11 Å². The molecule has 0 saturated heterocycles. The van der Waals surface area contributed by atoms with Gasteiger partial charge >= 0.3 is 0 Å². The normalized spacial score (nSPS) is 10.8. The number of fused-ring (bicyclic) bond motifs is 1. The fraction of sp³-hybridized carbons (Fsp3) is 0.231. The maximum Gasteiger partial charge on any atom is 0.0471 e. The quantitative estimate of drug-likeness (QED) is 0.759. The number of thiol groups is 1. The van der Waals surface area contributed by atoms with Crippen molar-refractivity contribution in [2.45, 2.75) is 12.2 Å². The van der Waals surface area contributed by atoms with Crippen LogP contribution in [0.5, 0.6) is 0 Å². The molecular weight excluding hydrogens is 204 g/mol. The van der Waals surface area contributed by atoms with Crippen LogP contribution in [0.15, 0.2) is 36.4 Å². The van der Waals surface area contributed by atoms with Gasteiger partial charge in [0.2, 0.25) is 0 Å². The van der Waals surface area contributed by atoms with Crippen LogP contribution in [0.3, 0.4) is 0 Å². The van der Waals surface area contributed by atoms with Crippen molar-refractivity contribution in [1.82, 2.24) is 0 Å². The van der Waals surface area contributed by atoms with Gasteiger partial charge in [0.05, 0.1) is 0 Å². The summed E-state index contributed by atoms with van der Waals surface area (Å²) in [5, 5.41) is 11.4. The van der Waals surface area contributed by atoms with Crippen LogP contribution >= 0.6 is 12.6 Å². The zero-order valence-corrected chi connectivity index (χ0v) is 9.37. The van der Waals surface area contributed by atoms with Gasteiger partial charge in [0, 0.05) is 12.4 Å². The van der Waals surface area contributed by atoms with Crippen LogP contribution in [0.4, 0.5) is 0 Å². The molecule has 2 heteroatoms. The van der Waals surface area contributed by atoms with E-state index in [0.29, 0.717) is 0 Å². The molecular formula is C13H14OS. The standard InChI is InChI=1S/C13H14OS/c14-7-6-10-4-5-13-11(8-10)2-1-3-12(13)9-15/h1-5,8,14-15H,6-7,9H2. The topological polar surface area (TPSA) is 20.2 Å². The molecule has 78 valence electrons. The minimum Gasteiger partial charge on any atom is -0.396 e. The Morgan fingerprint density at radius 2 is 2.00 bits per heavy atom. The lowest BCUT2D eigenvalue weighted by Gasteiger charge is -2.05. The number of benzene rings is 2. The van der Waals surface area contributed by atoms with E-state index < -0.39 is 0 Å². The monoisotopic (exact) mass is 218 g/mol. The van der Waals surface area contributed by atoms with Crippen LogP contribution in [0, 0.1) is 0 Å². The molecule has 1 N–H and O–H groups in total. The molecule has 2 aromatic carbocycles.